The molecule has 3 heterocycles. The van der Waals surface area contributed by atoms with E-state index in [9.17, 15) is 19.7 Å². The third kappa shape index (κ3) is 6.61. The molecule has 0 spiro atoms. The van der Waals surface area contributed by atoms with Crippen LogP contribution in [0.4, 0.5) is 5.69 Å². The summed E-state index contributed by atoms with van der Waals surface area (Å²) in [6.45, 7) is 3.52. The highest BCUT2D eigenvalue weighted by Crippen LogP contribution is 2.33. The topological polar surface area (TPSA) is 131 Å². The Bertz CT molecular complexity index is 1380. The van der Waals surface area contributed by atoms with Crippen LogP contribution in [-0.4, -0.2) is 90.3 Å². The van der Waals surface area contributed by atoms with E-state index in [1.165, 1.54) is 28.3 Å². The number of carbonyl (C=O) groups is 2. The van der Waals surface area contributed by atoms with Crippen LogP contribution in [0.25, 0.3) is 0 Å². The number of nitrogens with zero attached hydrogens (tertiary/aromatic N) is 5. The molecule has 1 atom stereocenters. The van der Waals surface area contributed by atoms with Gasteiger partial charge in [-0.15, -0.1) is 0 Å². The SMILES string of the molecule is COc1ccc(C(=O)N(CCN2CCOCC2)CC(=O)N2N=C(c3ccc([N+](=O)[O-])cc3)CC2c2ccco2)cc1. The monoisotopic (exact) mass is 561 g/mol. The molecule has 3 aromatic rings. The maximum Gasteiger partial charge on any atom is 0.269 e. The highest BCUT2D eigenvalue weighted by atomic mass is 16.6. The molecule has 1 aromatic heterocycles. The first-order valence-electron chi connectivity index (χ1n) is 13.3. The molecule has 0 bridgehead atoms. The minimum absolute atomic E-state index is 0.0316. The number of amides is 2. The average molecular weight is 562 g/mol. The summed E-state index contributed by atoms with van der Waals surface area (Å²) in [7, 11) is 1.56. The molecule has 12 heteroatoms. The van der Waals surface area contributed by atoms with Gasteiger partial charge in [0.25, 0.3) is 17.5 Å². The predicted molar refractivity (Wildman–Crippen MR) is 149 cm³/mol. The highest BCUT2D eigenvalue weighted by Gasteiger charge is 2.36. The molecule has 12 nitrogen and oxygen atoms in total. The van der Waals surface area contributed by atoms with Crippen molar-refractivity contribution in [1.29, 1.82) is 0 Å². The van der Waals surface area contributed by atoms with E-state index >= 15 is 0 Å². The Labute approximate surface area is 236 Å². The molecule has 5 rings (SSSR count). The van der Waals surface area contributed by atoms with Gasteiger partial charge >= 0.3 is 0 Å². The van der Waals surface area contributed by atoms with Gasteiger partial charge in [0.2, 0.25) is 0 Å². The lowest BCUT2D eigenvalue weighted by atomic mass is 10.0. The summed E-state index contributed by atoms with van der Waals surface area (Å²) in [6, 6.07) is 15.8. The van der Waals surface area contributed by atoms with Gasteiger partial charge in [-0.05, 0) is 54.1 Å². The molecule has 0 saturated carbocycles. The number of benzene rings is 2. The number of ether oxygens (including phenoxy) is 2. The van der Waals surface area contributed by atoms with Gasteiger partial charge < -0.3 is 18.8 Å². The number of hydrogen-bond donors (Lipinski definition) is 0. The fourth-order valence-electron chi connectivity index (χ4n) is 4.88. The van der Waals surface area contributed by atoms with Gasteiger partial charge in [0.1, 0.15) is 24.1 Å². The summed E-state index contributed by atoms with van der Waals surface area (Å²) in [5, 5.41) is 17.1. The van der Waals surface area contributed by atoms with E-state index in [0.29, 0.717) is 61.1 Å². The molecule has 2 amide bonds. The first-order chi connectivity index (χ1) is 19.9. The summed E-state index contributed by atoms with van der Waals surface area (Å²) in [4.78, 5) is 41.8. The normalized spacial score (nSPS) is 17.2. The predicted octanol–water partition coefficient (Wildman–Crippen LogP) is 3.35. The molecule has 2 aliphatic heterocycles. The standard InChI is InChI=1S/C29H31N5O7/c1-39-24-10-6-22(7-11-24)29(36)32(13-12-31-14-17-40-18-15-31)20-28(35)33-26(27-3-2-16-41-27)19-25(30-33)21-4-8-23(9-5-21)34(37)38/h2-11,16,26H,12-15,17-20H2,1H3. The second-order valence-corrected chi connectivity index (χ2v) is 9.73. The van der Waals surface area contributed by atoms with Crippen molar-refractivity contribution in [2.75, 3.05) is 53.0 Å². The molecule has 1 saturated heterocycles. The van der Waals surface area contributed by atoms with Gasteiger partial charge in [0, 0.05) is 50.3 Å². The summed E-state index contributed by atoms with van der Waals surface area (Å²) >= 11 is 0. The van der Waals surface area contributed by atoms with Crippen molar-refractivity contribution in [2.45, 2.75) is 12.5 Å². The van der Waals surface area contributed by atoms with Crippen LogP contribution in [0.2, 0.25) is 0 Å². The second kappa shape index (κ2) is 12.7. The van der Waals surface area contributed by atoms with Gasteiger partial charge in [0.15, 0.2) is 0 Å². The molecule has 0 N–H and O–H groups in total. The van der Waals surface area contributed by atoms with Crippen LogP contribution in [0.3, 0.4) is 0 Å². The molecule has 2 aliphatic rings. The molecular weight excluding hydrogens is 530 g/mol. The van der Waals surface area contributed by atoms with Crippen LogP contribution < -0.4 is 4.74 Å². The number of nitro benzene ring substituents is 1. The van der Waals surface area contributed by atoms with E-state index < -0.39 is 11.0 Å². The number of carbonyl (C=O) groups excluding carboxylic acids is 2. The van der Waals surface area contributed by atoms with Gasteiger partial charge in [-0.3, -0.25) is 24.6 Å². The Kier molecular flexibility index (Phi) is 8.70. The lowest BCUT2D eigenvalue weighted by Gasteiger charge is -2.31. The molecule has 0 aliphatic carbocycles. The van der Waals surface area contributed by atoms with E-state index in [0.717, 1.165) is 13.1 Å². The van der Waals surface area contributed by atoms with Crippen molar-refractivity contribution in [3.05, 3.63) is 93.9 Å². The number of methoxy groups -OCH3 is 1. The average Bonchev–Trinajstić information content (AvgIpc) is 3.70. The molecule has 214 valence electrons. The van der Waals surface area contributed by atoms with Crippen molar-refractivity contribution in [1.82, 2.24) is 14.8 Å². The lowest BCUT2D eigenvalue weighted by molar-refractivity contribution is -0.384. The van der Waals surface area contributed by atoms with Gasteiger partial charge in [0.05, 0.1) is 37.2 Å². The number of morpholine rings is 1. The number of non-ortho nitro benzene ring substituents is 1. The second-order valence-electron chi connectivity index (χ2n) is 9.73. The Morgan fingerprint density at radius 3 is 2.46 bits per heavy atom. The number of hydrazone groups is 1. The zero-order chi connectivity index (χ0) is 28.8. The number of nitro groups is 1. The third-order valence-corrected chi connectivity index (χ3v) is 7.19. The first-order valence-corrected chi connectivity index (χ1v) is 13.3. The van der Waals surface area contributed by atoms with Crippen LogP contribution in [0.15, 0.2) is 76.4 Å². The van der Waals surface area contributed by atoms with Crippen molar-refractivity contribution in [3.8, 4) is 5.75 Å². The van der Waals surface area contributed by atoms with Gasteiger partial charge in [-0.2, -0.15) is 5.10 Å². The first kappa shape index (κ1) is 28.0. The Balaban J connectivity index is 1.38. The number of rotatable bonds is 10. The highest BCUT2D eigenvalue weighted by molar-refractivity contribution is 6.03. The Hall–Kier alpha value is -4.55. The molecular formula is C29H31N5O7. The minimum Gasteiger partial charge on any atom is -0.497 e. The van der Waals surface area contributed by atoms with Crippen molar-refractivity contribution in [3.63, 3.8) is 0 Å². The van der Waals surface area contributed by atoms with E-state index in [1.54, 1.807) is 55.6 Å². The Morgan fingerprint density at radius 2 is 1.83 bits per heavy atom. The van der Waals surface area contributed by atoms with E-state index in [4.69, 9.17) is 13.9 Å². The van der Waals surface area contributed by atoms with Crippen LogP contribution in [0, 0.1) is 10.1 Å². The summed E-state index contributed by atoms with van der Waals surface area (Å²) in [5.74, 6) is 0.541. The Morgan fingerprint density at radius 1 is 1.10 bits per heavy atom. The van der Waals surface area contributed by atoms with E-state index in [1.807, 2.05) is 0 Å². The van der Waals surface area contributed by atoms with Gasteiger partial charge in [-0.1, -0.05) is 0 Å². The summed E-state index contributed by atoms with van der Waals surface area (Å²) in [5.41, 5.74) is 1.67. The number of furan rings is 1. The quantitative estimate of drug-likeness (QED) is 0.272. The third-order valence-electron chi connectivity index (χ3n) is 7.19. The molecule has 41 heavy (non-hydrogen) atoms. The minimum atomic E-state index is -0.514. The molecule has 1 fully saturated rings. The fraction of sp³-hybridized carbons (Fsp3) is 0.345. The van der Waals surface area contributed by atoms with Gasteiger partial charge in [-0.25, -0.2) is 5.01 Å². The van der Waals surface area contributed by atoms with Crippen molar-refractivity contribution >= 4 is 23.2 Å². The zero-order valence-corrected chi connectivity index (χ0v) is 22.7. The van der Waals surface area contributed by atoms with Crippen LogP contribution in [-0.2, 0) is 9.53 Å². The van der Waals surface area contributed by atoms with E-state index in [-0.39, 0.29) is 24.0 Å². The van der Waals surface area contributed by atoms with Crippen LogP contribution in [0.5, 0.6) is 5.75 Å². The van der Waals surface area contributed by atoms with Crippen LogP contribution in [0.1, 0.15) is 34.1 Å². The maximum atomic E-state index is 13.8. The van der Waals surface area contributed by atoms with Crippen molar-refractivity contribution in [2.24, 2.45) is 5.10 Å². The number of hydrogen-bond acceptors (Lipinski definition) is 9. The fourth-order valence-corrected chi connectivity index (χ4v) is 4.88. The lowest BCUT2D eigenvalue weighted by Crippen LogP contribution is -2.46. The van der Waals surface area contributed by atoms with E-state index in [2.05, 4.69) is 10.0 Å². The molecule has 2 aromatic carbocycles. The summed E-state index contributed by atoms with van der Waals surface area (Å²) in [6.07, 6.45) is 1.89. The summed E-state index contributed by atoms with van der Waals surface area (Å²) < 4.78 is 16.3. The molecule has 0 radical (unpaired) electrons. The zero-order valence-electron chi connectivity index (χ0n) is 22.7. The smallest absolute Gasteiger partial charge is 0.269 e. The van der Waals surface area contributed by atoms with Crippen LogP contribution >= 0.6 is 0 Å². The largest absolute Gasteiger partial charge is 0.497 e. The van der Waals surface area contributed by atoms with Crippen molar-refractivity contribution < 1.29 is 28.4 Å². The maximum absolute atomic E-state index is 13.8. The molecule has 1 unspecified atom stereocenters.